The number of hydrogen-bond donors (Lipinski definition) is 3. The van der Waals surface area contributed by atoms with E-state index in [1.165, 1.54) is 0 Å². The molecule has 1 aliphatic rings. The van der Waals surface area contributed by atoms with E-state index in [9.17, 15) is 4.79 Å². The fourth-order valence-corrected chi connectivity index (χ4v) is 4.05. The first-order valence-electron chi connectivity index (χ1n) is 10.1. The van der Waals surface area contributed by atoms with E-state index in [1.807, 2.05) is 24.4 Å². The number of aromatic amines is 1. The van der Waals surface area contributed by atoms with E-state index in [4.69, 9.17) is 5.26 Å². The highest BCUT2D eigenvalue weighted by molar-refractivity contribution is 6.06. The highest BCUT2D eigenvalue weighted by Gasteiger charge is 2.27. The van der Waals surface area contributed by atoms with Gasteiger partial charge in [-0.3, -0.25) is 14.7 Å². The molecule has 0 aliphatic carbocycles. The Bertz CT molecular complexity index is 1080. The molecular formula is C22H25N7O. The predicted molar refractivity (Wildman–Crippen MR) is 115 cm³/mol. The van der Waals surface area contributed by atoms with Gasteiger partial charge in [0.2, 0.25) is 0 Å². The molecule has 0 aromatic carbocycles. The van der Waals surface area contributed by atoms with Gasteiger partial charge in [0.15, 0.2) is 0 Å². The number of nitrogens with one attached hydrogen (secondary N) is 3. The molecule has 3 aromatic rings. The molecule has 1 aliphatic heterocycles. The Balaban J connectivity index is 1.47. The summed E-state index contributed by atoms with van der Waals surface area (Å²) in [4.78, 5) is 26.6. The molecule has 3 aromatic heterocycles. The second kappa shape index (κ2) is 8.51. The van der Waals surface area contributed by atoms with Crippen molar-refractivity contribution in [2.45, 2.75) is 38.4 Å². The van der Waals surface area contributed by atoms with Gasteiger partial charge in [0.1, 0.15) is 11.7 Å². The average Bonchev–Trinajstić information content (AvgIpc) is 3.25. The normalized spacial score (nSPS) is 19.4. The third kappa shape index (κ3) is 3.98. The minimum atomic E-state index is -0.148. The van der Waals surface area contributed by atoms with Crippen LogP contribution in [0.4, 0.5) is 5.69 Å². The topological polar surface area (TPSA) is 110 Å². The van der Waals surface area contributed by atoms with E-state index < -0.39 is 0 Å². The summed E-state index contributed by atoms with van der Waals surface area (Å²) in [5.41, 5.74) is 3.70. The molecular weight excluding hydrogens is 378 g/mol. The van der Waals surface area contributed by atoms with Crippen LogP contribution in [0.5, 0.6) is 0 Å². The molecule has 1 amide bonds. The summed E-state index contributed by atoms with van der Waals surface area (Å²) >= 11 is 0. The Morgan fingerprint density at radius 1 is 1.33 bits per heavy atom. The largest absolute Gasteiger partial charge is 0.381 e. The van der Waals surface area contributed by atoms with Crippen molar-refractivity contribution in [2.75, 3.05) is 18.9 Å². The predicted octanol–water partition coefficient (Wildman–Crippen LogP) is 2.65. The fraction of sp³-hybridized carbons (Fsp3) is 0.364. The number of piperidine rings is 1. The summed E-state index contributed by atoms with van der Waals surface area (Å²) in [5.74, 6) is -0.148. The van der Waals surface area contributed by atoms with E-state index in [-0.39, 0.29) is 11.9 Å². The molecule has 0 spiro atoms. The number of carbonyl (C=O) groups excluding carboxylic acids is 1. The lowest BCUT2D eigenvalue weighted by Gasteiger charge is -2.38. The van der Waals surface area contributed by atoms with Crippen LogP contribution in [0.15, 0.2) is 36.8 Å². The molecule has 1 fully saturated rings. The lowest BCUT2D eigenvalue weighted by molar-refractivity contribution is 0.0963. The van der Waals surface area contributed by atoms with Gasteiger partial charge < -0.3 is 15.6 Å². The van der Waals surface area contributed by atoms with E-state index in [2.05, 4.69) is 43.5 Å². The first-order chi connectivity index (χ1) is 14.6. The van der Waals surface area contributed by atoms with E-state index >= 15 is 0 Å². The summed E-state index contributed by atoms with van der Waals surface area (Å²) in [6.45, 7) is 3.91. The molecule has 0 radical (unpaired) electrons. The quantitative estimate of drug-likeness (QED) is 0.604. The van der Waals surface area contributed by atoms with Crippen molar-refractivity contribution in [1.29, 1.82) is 5.26 Å². The second-order valence-electron chi connectivity index (χ2n) is 7.70. The number of H-pyrrole nitrogens is 1. The second-order valence-corrected chi connectivity index (χ2v) is 7.70. The van der Waals surface area contributed by atoms with Crippen molar-refractivity contribution in [2.24, 2.45) is 0 Å². The molecule has 4 heterocycles. The smallest absolute Gasteiger partial charge is 0.254 e. The average molecular weight is 403 g/mol. The fourth-order valence-electron chi connectivity index (χ4n) is 4.05. The molecule has 0 bridgehead atoms. The van der Waals surface area contributed by atoms with Crippen molar-refractivity contribution in [3.05, 3.63) is 53.6 Å². The standard InChI is InChI=1S/C22H25N7O/c1-14-9-16(6-8-29(14)13-17-4-3-15(10-23)11-26-17)28-20-18-5-7-25-21(18)27-12-19(20)22(30)24-2/h3-5,7,11-12,14,16H,6,8-9,13H2,1-2H3,(H,24,30)(H2,25,27,28)/t14-,16-/m0/s1. The Hall–Kier alpha value is -3.44. The molecule has 8 nitrogen and oxygen atoms in total. The Morgan fingerprint density at radius 3 is 2.90 bits per heavy atom. The van der Waals surface area contributed by atoms with Crippen molar-refractivity contribution < 1.29 is 4.79 Å². The van der Waals surface area contributed by atoms with Crippen LogP contribution in [-0.4, -0.2) is 51.4 Å². The van der Waals surface area contributed by atoms with Gasteiger partial charge in [-0.25, -0.2) is 4.98 Å². The molecule has 2 atom stereocenters. The third-order valence-corrected chi connectivity index (χ3v) is 5.74. The highest BCUT2D eigenvalue weighted by atomic mass is 16.1. The maximum atomic E-state index is 12.4. The van der Waals surface area contributed by atoms with Gasteiger partial charge in [0, 0.05) is 56.2 Å². The number of rotatable bonds is 5. The van der Waals surface area contributed by atoms with Crippen molar-refractivity contribution in [3.8, 4) is 6.07 Å². The number of fused-ring (bicyclic) bond motifs is 1. The summed E-state index contributed by atoms with van der Waals surface area (Å²) in [6, 6.07) is 8.41. The highest BCUT2D eigenvalue weighted by Crippen LogP contribution is 2.29. The van der Waals surface area contributed by atoms with Crippen LogP contribution in [0.1, 0.15) is 41.4 Å². The molecule has 0 saturated carbocycles. The van der Waals surface area contributed by atoms with Crippen LogP contribution in [-0.2, 0) is 6.54 Å². The van der Waals surface area contributed by atoms with Crippen LogP contribution in [0, 0.1) is 11.3 Å². The number of anilines is 1. The summed E-state index contributed by atoms with van der Waals surface area (Å²) in [6.07, 6.45) is 7.00. The lowest BCUT2D eigenvalue weighted by Crippen LogP contribution is -2.44. The maximum Gasteiger partial charge on any atom is 0.254 e. The molecule has 1 saturated heterocycles. The minimum Gasteiger partial charge on any atom is -0.381 e. The van der Waals surface area contributed by atoms with Crippen LogP contribution in [0.3, 0.4) is 0 Å². The van der Waals surface area contributed by atoms with Gasteiger partial charge in [-0.05, 0) is 38.0 Å². The molecule has 0 unspecified atom stereocenters. The van der Waals surface area contributed by atoms with Gasteiger partial charge in [-0.1, -0.05) is 0 Å². The van der Waals surface area contributed by atoms with E-state index in [0.717, 1.165) is 48.3 Å². The summed E-state index contributed by atoms with van der Waals surface area (Å²) in [7, 11) is 1.63. The number of nitrogens with zero attached hydrogens (tertiary/aromatic N) is 4. The lowest BCUT2D eigenvalue weighted by atomic mass is 9.97. The Kier molecular flexibility index (Phi) is 5.63. The number of nitriles is 1. The Morgan fingerprint density at radius 2 is 2.20 bits per heavy atom. The first kappa shape index (κ1) is 19.9. The number of pyridine rings is 2. The SMILES string of the molecule is CNC(=O)c1cnc2[nH]ccc2c1N[C@H]1CCN(Cc2ccc(C#N)cn2)[C@@H](C)C1. The number of amides is 1. The number of hydrogen-bond acceptors (Lipinski definition) is 6. The number of likely N-dealkylation sites (tertiary alicyclic amines) is 1. The van der Waals surface area contributed by atoms with Crippen molar-refractivity contribution in [1.82, 2.24) is 25.2 Å². The zero-order valence-electron chi connectivity index (χ0n) is 17.1. The number of aromatic nitrogens is 3. The molecule has 8 heteroatoms. The Labute approximate surface area is 175 Å². The van der Waals surface area contributed by atoms with Gasteiger partial charge in [0.25, 0.3) is 5.91 Å². The van der Waals surface area contributed by atoms with Gasteiger partial charge in [-0.15, -0.1) is 0 Å². The molecule has 154 valence electrons. The van der Waals surface area contributed by atoms with Crippen LogP contribution < -0.4 is 10.6 Å². The van der Waals surface area contributed by atoms with E-state index in [1.54, 1.807) is 19.4 Å². The zero-order chi connectivity index (χ0) is 21.1. The zero-order valence-corrected chi connectivity index (χ0v) is 17.1. The number of carbonyl (C=O) groups is 1. The molecule has 30 heavy (non-hydrogen) atoms. The van der Waals surface area contributed by atoms with E-state index in [0.29, 0.717) is 17.2 Å². The van der Waals surface area contributed by atoms with Crippen LogP contribution in [0.25, 0.3) is 11.0 Å². The van der Waals surface area contributed by atoms with Crippen LogP contribution in [0.2, 0.25) is 0 Å². The van der Waals surface area contributed by atoms with Gasteiger partial charge >= 0.3 is 0 Å². The third-order valence-electron chi connectivity index (χ3n) is 5.74. The van der Waals surface area contributed by atoms with Gasteiger partial charge in [0.05, 0.1) is 22.5 Å². The van der Waals surface area contributed by atoms with Crippen molar-refractivity contribution in [3.63, 3.8) is 0 Å². The summed E-state index contributed by atoms with van der Waals surface area (Å²) in [5, 5.41) is 16.2. The maximum absolute atomic E-state index is 12.4. The van der Waals surface area contributed by atoms with Gasteiger partial charge in [-0.2, -0.15) is 5.26 Å². The first-order valence-corrected chi connectivity index (χ1v) is 10.1. The summed E-state index contributed by atoms with van der Waals surface area (Å²) < 4.78 is 0. The van der Waals surface area contributed by atoms with Crippen LogP contribution >= 0.6 is 0 Å². The molecule has 4 rings (SSSR count). The minimum absolute atomic E-state index is 0.148. The monoisotopic (exact) mass is 403 g/mol. The molecule has 3 N–H and O–H groups in total. The van der Waals surface area contributed by atoms with Crippen molar-refractivity contribution >= 4 is 22.6 Å².